The van der Waals surface area contributed by atoms with Crippen molar-refractivity contribution in [3.63, 3.8) is 0 Å². The van der Waals surface area contributed by atoms with Gasteiger partial charge in [0.15, 0.2) is 5.16 Å². The van der Waals surface area contributed by atoms with Crippen LogP contribution in [0.4, 0.5) is 5.69 Å². The molecule has 2 aromatic rings. The van der Waals surface area contributed by atoms with Crippen LogP contribution >= 0.6 is 23.5 Å². The first-order chi connectivity index (χ1) is 13.5. The highest BCUT2D eigenvalue weighted by molar-refractivity contribution is 7.99. The molecule has 150 valence electrons. The van der Waals surface area contributed by atoms with E-state index in [1.165, 1.54) is 6.07 Å². The Hall–Kier alpha value is -2.26. The Morgan fingerprint density at radius 3 is 2.64 bits per heavy atom. The summed E-state index contributed by atoms with van der Waals surface area (Å²) in [6, 6.07) is 7.98. The molecule has 2 N–H and O–H groups in total. The fourth-order valence-electron chi connectivity index (χ4n) is 2.13. The summed E-state index contributed by atoms with van der Waals surface area (Å²) in [5, 5.41) is 3.17. The molecular formula is C19H23N3O4S2. The van der Waals surface area contributed by atoms with E-state index in [2.05, 4.69) is 15.3 Å². The van der Waals surface area contributed by atoms with E-state index in [0.717, 1.165) is 23.9 Å². The summed E-state index contributed by atoms with van der Waals surface area (Å²) in [4.78, 5) is 42.6. The fraction of sp³-hybridized carbons (Fsp3) is 0.368. The Labute approximate surface area is 172 Å². The number of amides is 1. The standard InChI is InChI=1S/C19H23N3O4S2/c1-3-9-26-18(25)13-5-7-14(8-6-13)20-17(24)12-28-19-21-15(11-27-4-2)10-16(23)22-19/h5-8,10H,3-4,9,11-12H2,1-2H3,(H,20,24)(H,21,22,23). The van der Waals surface area contributed by atoms with Crippen LogP contribution in [0, 0.1) is 0 Å². The zero-order valence-corrected chi connectivity index (χ0v) is 17.5. The second-order valence-corrected chi connectivity index (χ2v) is 7.97. The SMILES string of the molecule is CCCOC(=O)c1ccc(NC(=O)CSc2nc(CSCC)cc(=O)[nH]2)cc1. The van der Waals surface area contributed by atoms with Gasteiger partial charge in [-0.2, -0.15) is 11.8 Å². The summed E-state index contributed by atoms with van der Waals surface area (Å²) in [6.45, 7) is 4.34. The van der Waals surface area contributed by atoms with Gasteiger partial charge in [-0.25, -0.2) is 9.78 Å². The van der Waals surface area contributed by atoms with Gasteiger partial charge in [0.1, 0.15) is 0 Å². The molecule has 1 heterocycles. The first-order valence-electron chi connectivity index (χ1n) is 8.89. The fourth-order valence-corrected chi connectivity index (χ4v) is 3.39. The van der Waals surface area contributed by atoms with Crippen molar-refractivity contribution in [2.24, 2.45) is 0 Å². The topological polar surface area (TPSA) is 101 Å². The maximum absolute atomic E-state index is 12.1. The molecule has 2 rings (SSSR count). The third kappa shape index (κ3) is 7.40. The van der Waals surface area contributed by atoms with Crippen molar-refractivity contribution in [1.82, 2.24) is 9.97 Å². The van der Waals surface area contributed by atoms with Crippen LogP contribution in [0.25, 0.3) is 0 Å². The average molecular weight is 422 g/mol. The van der Waals surface area contributed by atoms with Crippen LogP contribution in [0.5, 0.6) is 0 Å². The van der Waals surface area contributed by atoms with Gasteiger partial charge >= 0.3 is 5.97 Å². The van der Waals surface area contributed by atoms with E-state index in [9.17, 15) is 14.4 Å². The van der Waals surface area contributed by atoms with Gasteiger partial charge in [0.2, 0.25) is 5.91 Å². The summed E-state index contributed by atoms with van der Waals surface area (Å²) >= 11 is 2.84. The number of thioether (sulfide) groups is 2. The summed E-state index contributed by atoms with van der Waals surface area (Å²) in [5.74, 6) is 1.09. The van der Waals surface area contributed by atoms with Crippen LogP contribution in [-0.2, 0) is 15.3 Å². The maximum Gasteiger partial charge on any atom is 0.338 e. The second kappa shape index (κ2) is 11.6. The van der Waals surface area contributed by atoms with Gasteiger partial charge in [0, 0.05) is 17.5 Å². The van der Waals surface area contributed by atoms with Gasteiger partial charge in [0.05, 0.1) is 23.6 Å². The third-order valence-electron chi connectivity index (χ3n) is 3.41. The number of esters is 1. The van der Waals surface area contributed by atoms with Gasteiger partial charge in [-0.05, 0) is 36.4 Å². The smallest absolute Gasteiger partial charge is 0.338 e. The number of carbonyl (C=O) groups excluding carboxylic acids is 2. The van der Waals surface area contributed by atoms with Crippen molar-refractivity contribution in [1.29, 1.82) is 0 Å². The number of hydrogen-bond acceptors (Lipinski definition) is 7. The number of aromatic amines is 1. The van der Waals surface area contributed by atoms with E-state index in [0.29, 0.717) is 34.5 Å². The van der Waals surface area contributed by atoms with Gasteiger partial charge in [0.25, 0.3) is 5.56 Å². The number of carbonyl (C=O) groups is 2. The molecule has 0 fully saturated rings. The molecule has 0 radical (unpaired) electrons. The van der Waals surface area contributed by atoms with Crippen molar-refractivity contribution in [2.45, 2.75) is 31.2 Å². The number of H-pyrrole nitrogens is 1. The quantitative estimate of drug-likeness (QED) is 0.345. The minimum atomic E-state index is -0.383. The molecule has 1 amide bonds. The Balaban J connectivity index is 1.88. The first-order valence-corrected chi connectivity index (χ1v) is 11.0. The lowest BCUT2D eigenvalue weighted by Crippen LogP contribution is -2.16. The lowest BCUT2D eigenvalue weighted by Gasteiger charge is -2.07. The minimum Gasteiger partial charge on any atom is -0.462 e. The Morgan fingerprint density at radius 1 is 1.21 bits per heavy atom. The van der Waals surface area contributed by atoms with Crippen LogP contribution < -0.4 is 10.9 Å². The maximum atomic E-state index is 12.1. The highest BCUT2D eigenvalue weighted by Gasteiger charge is 2.09. The highest BCUT2D eigenvalue weighted by atomic mass is 32.2. The van der Waals surface area contributed by atoms with Gasteiger partial charge in [-0.1, -0.05) is 25.6 Å². The van der Waals surface area contributed by atoms with Crippen molar-refractivity contribution >= 4 is 41.1 Å². The monoisotopic (exact) mass is 421 g/mol. The number of anilines is 1. The number of rotatable bonds is 10. The van der Waals surface area contributed by atoms with Crippen molar-refractivity contribution in [3.8, 4) is 0 Å². The highest BCUT2D eigenvalue weighted by Crippen LogP contribution is 2.16. The van der Waals surface area contributed by atoms with E-state index in [1.807, 2.05) is 13.8 Å². The Bertz CT molecular complexity index is 853. The first kappa shape index (κ1) is 22.0. The van der Waals surface area contributed by atoms with Crippen LogP contribution in [0.3, 0.4) is 0 Å². The average Bonchev–Trinajstić information content (AvgIpc) is 2.69. The summed E-state index contributed by atoms with van der Waals surface area (Å²) in [5.41, 5.74) is 1.48. The van der Waals surface area contributed by atoms with Crippen molar-refractivity contribution < 1.29 is 14.3 Å². The molecule has 9 heteroatoms. The van der Waals surface area contributed by atoms with Crippen LogP contribution in [-0.4, -0.2) is 40.0 Å². The van der Waals surface area contributed by atoms with E-state index in [-0.39, 0.29) is 23.2 Å². The van der Waals surface area contributed by atoms with Crippen LogP contribution in [0.2, 0.25) is 0 Å². The number of aromatic nitrogens is 2. The normalized spacial score (nSPS) is 10.5. The Morgan fingerprint density at radius 2 is 1.96 bits per heavy atom. The Kier molecular flexibility index (Phi) is 9.09. The molecule has 0 aliphatic carbocycles. The molecule has 28 heavy (non-hydrogen) atoms. The van der Waals surface area contributed by atoms with Crippen molar-refractivity contribution in [2.75, 3.05) is 23.4 Å². The van der Waals surface area contributed by atoms with Crippen molar-refractivity contribution in [3.05, 3.63) is 51.9 Å². The molecule has 0 aliphatic rings. The molecule has 0 atom stereocenters. The molecule has 0 saturated carbocycles. The summed E-state index contributed by atoms with van der Waals surface area (Å²) in [6.07, 6.45) is 0.762. The number of hydrogen-bond donors (Lipinski definition) is 2. The third-order valence-corrected chi connectivity index (χ3v) is 5.19. The number of nitrogens with one attached hydrogen (secondary N) is 2. The molecule has 0 aliphatic heterocycles. The van der Waals surface area contributed by atoms with Gasteiger partial charge in [-0.3, -0.25) is 9.59 Å². The zero-order chi connectivity index (χ0) is 20.4. The van der Waals surface area contributed by atoms with E-state index < -0.39 is 0 Å². The minimum absolute atomic E-state index is 0.105. The second-order valence-electron chi connectivity index (χ2n) is 5.73. The molecule has 0 bridgehead atoms. The molecule has 0 unspecified atom stereocenters. The molecular weight excluding hydrogens is 398 g/mol. The zero-order valence-electron chi connectivity index (χ0n) is 15.8. The van der Waals surface area contributed by atoms with Gasteiger partial charge in [-0.15, -0.1) is 0 Å². The van der Waals surface area contributed by atoms with E-state index in [4.69, 9.17) is 4.74 Å². The van der Waals surface area contributed by atoms with Crippen LogP contribution in [0.1, 0.15) is 36.3 Å². The predicted molar refractivity (Wildman–Crippen MR) is 113 cm³/mol. The molecule has 0 spiro atoms. The number of benzene rings is 1. The van der Waals surface area contributed by atoms with Gasteiger partial charge < -0.3 is 15.0 Å². The van der Waals surface area contributed by atoms with E-state index >= 15 is 0 Å². The summed E-state index contributed by atoms with van der Waals surface area (Å²) < 4.78 is 5.06. The van der Waals surface area contributed by atoms with Crippen LogP contribution in [0.15, 0.2) is 40.3 Å². The van der Waals surface area contributed by atoms with E-state index in [1.54, 1.807) is 36.0 Å². The molecule has 0 saturated heterocycles. The summed E-state index contributed by atoms with van der Waals surface area (Å²) in [7, 11) is 0. The predicted octanol–water partition coefficient (Wildman–Crippen LogP) is 3.32. The molecule has 7 nitrogen and oxygen atoms in total. The lowest BCUT2D eigenvalue weighted by molar-refractivity contribution is -0.113. The molecule has 1 aromatic carbocycles. The largest absolute Gasteiger partial charge is 0.462 e. The lowest BCUT2D eigenvalue weighted by atomic mass is 10.2. The molecule has 1 aromatic heterocycles. The number of ether oxygens (including phenoxy) is 1. The number of nitrogens with zero attached hydrogens (tertiary/aromatic N) is 1.